The SMILES string of the molecule is CCCCCCn1c(COc2ccccc2F)nnc1SCc1csc(-c2ccccc2)n1. The van der Waals surface area contributed by atoms with E-state index in [1.165, 1.54) is 18.9 Å². The fourth-order valence-corrected chi connectivity index (χ4v) is 5.19. The molecule has 33 heavy (non-hydrogen) atoms. The van der Waals surface area contributed by atoms with Gasteiger partial charge in [0.2, 0.25) is 0 Å². The molecule has 0 N–H and O–H groups in total. The van der Waals surface area contributed by atoms with Crippen molar-refractivity contribution < 1.29 is 9.13 Å². The molecule has 0 fully saturated rings. The van der Waals surface area contributed by atoms with Crippen molar-refractivity contribution in [2.75, 3.05) is 0 Å². The van der Waals surface area contributed by atoms with Gasteiger partial charge in [0.15, 0.2) is 22.5 Å². The van der Waals surface area contributed by atoms with Gasteiger partial charge in [-0.05, 0) is 18.6 Å². The monoisotopic (exact) mass is 482 g/mol. The minimum Gasteiger partial charge on any atom is -0.483 e. The first kappa shape index (κ1) is 23.4. The molecule has 172 valence electrons. The Morgan fingerprint density at radius 3 is 2.64 bits per heavy atom. The van der Waals surface area contributed by atoms with Gasteiger partial charge in [0.05, 0.1) is 5.69 Å². The average molecular weight is 483 g/mol. The summed E-state index contributed by atoms with van der Waals surface area (Å²) in [5, 5.41) is 12.7. The maximum Gasteiger partial charge on any atom is 0.191 e. The predicted octanol–water partition coefficient (Wildman–Crippen LogP) is 6.99. The van der Waals surface area contributed by atoms with Crippen LogP contribution < -0.4 is 4.74 Å². The number of aromatic nitrogens is 4. The molecule has 0 spiro atoms. The molecular formula is C25H27FN4OS2. The van der Waals surface area contributed by atoms with E-state index < -0.39 is 0 Å². The average Bonchev–Trinajstić information content (AvgIpc) is 3.47. The summed E-state index contributed by atoms with van der Waals surface area (Å²) >= 11 is 3.27. The van der Waals surface area contributed by atoms with Crippen LogP contribution in [0.15, 0.2) is 65.1 Å². The Balaban J connectivity index is 1.44. The third-order valence-electron chi connectivity index (χ3n) is 5.14. The van der Waals surface area contributed by atoms with Crippen molar-refractivity contribution in [1.29, 1.82) is 0 Å². The quantitative estimate of drug-likeness (QED) is 0.161. The van der Waals surface area contributed by atoms with Crippen LogP contribution >= 0.6 is 23.1 Å². The summed E-state index contributed by atoms with van der Waals surface area (Å²) in [5.41, 5.74) is 2.15. The molecule has 8 heteroatoms. The van der Waals surface area contributed by atoms with Gasteiger partial charge in [-0.3, -0.25) is 0 Å². The number of thioether (sulfide) groups is 1. The summed E-state index contributed by atoms with van der Waals surface area (Å²) in [6, 6.07) is 16.6. The van der Waals surface area contributed by atoms with Crippen LogP contribution in [0.25, 0.3) is 10.6 Å². The molecule has 0 saturated heterocycles. The number of nitrogens with zero attached hydrogens (tertiary/aromatic N) is 4. The molecule has 2 aromatic carbocycles. The zero-order valence-corrected chi connectivity index (χ0v) is 20.2. The first-order chi connectivity index (χ1) is 16.2. The van der Waals surface area contributed by atoms with Crippen molar-refractivity contribution in [3.63, 3.8) is 0 Å². The standard InChI is InChI=1S/C25H27FN4OS2/c1-2-3-4-10-15-30-23(16-31-22-14-9-8-13-21(22)26)28-29-25(30)33-18-20-17-32-24(27-20)19-11-6-5-7-12-19/h5-9,11-14,17H,2-4,10,15-16,18H2,1H3. The van der Waals surface area contributed by atoms with Crippen molar-refractivity contribution in [2.24, 2.45) is 0 Å². The second kappa shape index (κ2) is 12.0. The van der Waals surface area contributed by atoms with E-state index in [2.05, 4.69) is 39.2 Å². The lowest BCUT2D eigenvalue weighted by molar-refractivity contribution is 0.273. The number of hydrogen-bond acceptors (Lipinski definition) is 6. The van der Waals surface area contributed by atoms with Crippen LogP contribution in [0.1, 0.15) is 44.1 Å². The number of halogens is 1. The minimum absolute atomic E-state index is 0.178. The van der Waals surface area contributed by atoms with Crippen LogP contribution in [0.3, 0.4) is 0 Å². The maximum atomic E-state index is 13.9. The zero-order valence-electron chi connectivity index (χ0n) is 18.6. The summed E-state index contributed by atoms with van der Waals surface area (Å²) in [5.74, 6) is 1.27. The molecule has 0 atom stereocenters. The molecule has 0 amide bonds. The van der Waals surface area contributed by atoms with Crippen LogP contribution in [0.5, 0.6) is 5.75 Å². The van der Waals surface area contributed by atoms with Gasteiger partial charge in [-0.15, -0.1) is 21.5 Å². The third kappa shape index (κ3) is 6.42. The van der Waals surface area contributed by atoms with Crippen molar-refractivity contribution in [3.8, 4) is 16.3 Å². The molecule has 4 aromatic rings. The molecule has 0 saturated carbocycles. The Labute approximate surface area is 202 Å². The second-order valence-electron chi connectivity index (χ2n) is 7.63. The van der Waals surface area contributed by atoms with E-state index in [0.29, 0.717) is 11.6 Å². The topological polar surface area (TPSA) is 52.8 Å². The summed E-state index contributed by atoms with van der Waals surface area (Å²) in [4.78, 5) is 4.78. The van der Waals surface area contributed by atoms with Crippen molar-refractivity contribution in [3.05, 3.63) is 77.3 Å². The number of thiazole rings is 1. The molecule has 0 aliphatic carbocycles. The lowest BCUT2D eigenvalue weighted by atomic mass is 10.2. The van der Waals surface area contributed by atoms with E-state index in [-0.39, 0.29) is 18.2 Å². The van der Waals surface area contributed by atoms with E-state index in [4.69, 9.17) is 9.72 Å². The number of rotatable bonds is 12. The Hall–Kier alpha value is -2.71. The van der Waals surface area contributed by atoms with Gasteiger partial charge in [-0.2, -0.15) is 0 Å². The van der Waals surface area contributed by atoms with Gasteiger partial charge in [0.1, 0.15) is 11.6 Å². The highest BCUT2D eigenvalue weighted by molar-refractivity contribution is 7.98. The first-order valence-corrected chi connectivity index (χ1v) is 13.0. The lowest BCUT2D eigenvalue weighted by Crippen LogP contribution is -2.09. The molecule has 4 rings (SSSR count). The van der Waals surface area contributed by atoms with Crippen LogP contribution in [-0.2, 0) is 18.9 Å². The van der Waals surface area contributed by atoms with Crippen LogP contribution in [0.4, 0.5) is 4.39 Å². The molecule has 0 unspecified atom stereocenters. The van der Waals surface area contributed by atoms with E-state index in [0.717, 1.165) is 40.8 Å². The smallest absolute Gasteiger partial charge is 0.191 e. The molecule has 2 aromatic heterocycles. The van der Waals surface area contributed by atoms with Crippen LogP contribution in [0.2, 0.25) is 0 Å². The van der Waals surface area contributed by atoms with Crippen molar-refractivity contribution in [2.45, 2.75) is 56.7 Å². The Bertz CT molecular complexity index is 1150. The van der Waals surface area contributed by atoms with E-state index >= 15 is 0 Å². The Morgan fingerprint density at radius 2 is 1.82 bits per heavy atom. The normalized spacial score (nSPS) is 11.1. The highest BCUT2D eigenvalue weighted by Crippen LogP contribution is 2.28. The molecule has 0 bridgehead atoms. The number of unbranched alkanes of at least 4 members (excludes halogenated alkanes) is 3. The van der Waals surface area contributed by atoms with E-state index in [1.54, 1.807) is 41.3 Å². The summed E-state index contributed by atoms with van der Waals surface area (Å²) in [6.45, 7) is 3.19. The highest BCUT2D eigenvalue weighted by Gasteiger charge is 2.15. The lowest BCUT2D eigenvalue weighted by Gasteiger charge is -2.11. The molecule has 0 radical (unpaired) electrons. The number of para-hydroxylation sites is 1. The fourth-order valence-electron chi connectivity index (χ4n) is 3.38. The second-order valence-corrected chi connectivity index (χ2v) is 9.43. The van der Waals surface area contributed by atoms with Gasteiger partial charge >= 0.3 is 0 Å². The van der Waals surface area contributed by atoms with Gasteiger partial charge in [0.25, 0.3) is 0 Å². The summed E-state index contributed by atoms with van der Waals surface area (Å²) < 4.78 is 21.7. The number of hydrogen-bond donors (Lipinski definition) is 0. The van der Waals surface area contributed by atoms with E-state index in [1.807, 2.05) is 18.2 Å². The largest absolute Gasteiger partial charge is 0.483 e. The van der Waals surface area contributed by atoms with Crippen molar-refractivity contribution >= 4 is 23.1 Å². The number of ether oxygens (including phenoxy) is 1. The van der Waals surface area contributed by atoms with Gasteiger partial charge in [0, 0.05) is 23.2 Å². The molecule has 0 aliphatic rings. The Morgan fingerprint density at radius 1 is 1.00 bits per heavy atom. The molecule has 0 aliphatic heterocycles. The Kier molecular flexibility index (Phi) is 8.49. The van der Waals surface area contributed by atoms with Gasteiger partial charge < -0.3 is 9.30 Å². The zero-order chi connectivity index (χ0) is 22.9. The highest BCUT2D eigenvalue weighted by atomic mass is 32.2. The maximum absolute atomic E-state index is 13.9. The molecular weight excluding hydrogens is 455 g/mol. The molecule has 5 nitrogen and oxygen atoms in total. The summed E-state index contributed by atoms with van der Waals surface area (Å²) in [7, 11) is 0. The third-order valence-corrected chi connectivity index (χ3v) is 7.08. The number of benzene rings is 2. The van der Waals surface area contributed by atoms with Crippen LogP contribution in [0, 0.1) is 5.82 Å². The first-order valence-electron chi connectivity index (χ1n) is 11.2. The fraction of sp³-hybridized carbons (Fsp3) is 0.320. The minimum atomic E-state index is -0.376. The summed E-state index contributed by atoms with van der Waals surface area (Å²) in [6.07, 6.45) is 4.58. The van der Waals surface area contributed by atoms with Gasteiger partial charge in [-0.25, -0.2) is 9.37 Å². The predicted molar refractivity (Wildman–Crippen MR) is 132 cm³/mol. The molecule has 2 heterocycles. The van der Waals surface area contributed by atoms with Gasteiger partial charge in [-0.1, -0.05) is 80.4 Å². The van der Waals surface area contributed by atoms with E-state index in [9.17, 15) is 4.39 Å². The van der Waals surface area contributed by atoms with Crippen LogP contribution in [-0.4, -0.2) is 19.7 Å². The van der Waals surface area contributed by atoms with Crippen molar-refractivity contribution in [1.82, 2.24) is 19.7 Å².